The minimum atomic E-state index is 0.760. The SMILES string of the molecule is COc1cccc(Cn2cc(Br)c3ccc(OCC4CC4)cc32)c1. The highest BCUT2D eigenvalue weighted by atomic mass is 79.9. The second kappa shape index (κ2) is 6.52. The van der Waals surface area contributed by atoms with Gasteiger partial charge in [-0.2, -0.15) is 0 Å². The Bertz CT molecular complexity index is 867. The minimum absolute atomic E-state index is 0.760. The van der Waals surface area contributed by atoms with E-state index in [4.69, 9.17) is 9.47 Å². The largest absolute Gasteiger partial charge is 0.497 e. The van der Waals surface area contributed by atoms with Crippen molar-refractivity contribution in [1.29, 1.82) is 0 Å². The molecule has 0 amide bonds. The Labute approximate surface area is 150 Å². The van der Waals surface area contributed by atoms with E-state index in [2.05, 4.69) is 57.0 Å². The molecule has 24 heavy (non-hydrogen) atoms. The number of benzene rings is 2. The highest BCUT2D eigenvalue weighted by molar-refractivity contribution is 9.10. The summed E-state index contributed by atoms with van der Waals surface area (Å²) in [7, 11) is 1.70. The molecule has 1 heterocycles. The maximum absolute atomic E-state index is 5.94. The monoisotopic (exact) mass is 385 g/mol. The van der Waals surface area contributed by atoms with Gasteiger partial charge in [-0.25, -0.2) is 0 Å². The average molecular weight is 386 g/mol. The number of hydrogen-bond acceptors (Lipinski definition) is 2. The van der Waals surface area contributed by atoms with Crippen LogP contribution in [0.2, 0.25) is 0 Å². The van der Waals surface area contributed by atoms with Crippen molar-refractivity contribution in [2.75, 3.05) is 13.7 Å². The fourth-order valence-corrected chi connectivity index (χ4v) is 3.50. The smallest absolute Gasteiger partial charge is 0.121 e. The van der Waals surface area contributed by atoms with Crippen LogP contribution in [-0.2, 0) is 6.54 Å². The lowest BCUT2D eigenvalue weighted by Crippen LogP contribution is -2.00. The van der Waals surface area contributed by atoms with E-state index in [9.17, 15) is 0 Å². The Hall–Kier alpha value is -1.94. The summed E-state index contributed by atoms with van der Waals surface area (Å²) in [6, 6.07) is 14.5. The van der Waals surface area contributed by atoms with Gasteiger partial charge in [0.05, 0.1) is 19.2 Å². The van der Waals surface area contributed by atoms with Gasteiger partial charge in [-0.15, -0.1) is 0 Å². The highest BCUT2D eigenvalue weighted by Crippen LogP contribution is 2.32. The molecule has 1 fully saturated rings. The van der Waals surface area contributed by atoms with E-state index in [1.807, 2.05) is 12.1 Å². The fraction of sp³-hybridized carbons (Fsp3) is 0.300. The van der Waals surface area contributed by atoms with Gasteiger partial charge in [0, 0.05) is 28.7 Å². The lowest BCUT2D eigenvalue weighted by molar-refractivity contribution is 0.300. The number of aromatic nitrogens is 1. The van der Waals surface area contributed by atoms with E-state index in [0.29, 0.717) is 0 Å². The lowest BCUT2D eigenvalue weighted by atomic mass is 10.2. The number of nitrogens with zero attached hydrogens (tertiary/aromatic N) is 1. The van der Waals surface area contributed by atoms with Crippen molar-refractivity contribution in [3.63, 3.8) is 0 Å². The van der Waals surface area contributed by atoms with E-state index < -0.39 is 0 Å². The first-order valence-electron chi connectivity index (χ1n) is 8.27. The molecule has 1 aliphatic carbocycles. The van der Waals surface area contributed by atoms with E-state index in [-0.39, 0.29) is 0 Å². The molecule has 4 rings (SSSR count). The van der Waals surface area contributed by atoms with Crippen LogP contribution >= 0.6 is 15.9 Å². The van der Waals surface area contributed by atoms with Crippen LogP contribution in [0.15, 0.2) is 53.1 Å². The second-order valence-corrected chi connectivity index (χ2v) is 7.24. The Morgan fingerprint density at radius 2 is 2.00 bits per heavy atom. The number of ether oxygens (including phenoxy) is 2. The molecule has 0 spiro atoms. The third kappa shape index (κ3) is 3.29. The zero-order valence-corrected chi connectivity index (χ0v) is 15.3. The molecule has 1 aliphatic rings. The molecule has 0 saturated heterocycles. The molecule has 2 aromatic carbocycles. The zero-order valence-electron chi connectivity index (χ0n) is 13.7. The summed E-state index contributed by atoms with van der Waals surface area (Å²) in [6.07, 6.45) is 4.74. The number of methoxy groups -OCH3 is 1. The van der Waals surface area contributed by atoms with E-state index in [0.717, 1.165) is 35.0 Å². The van der Waals surface area contributed by atoms with Crippen molar-refractivity contribution in [1.82, 2.24) is 4.57 Å². The summed E-state index contributed by atoms with van der Waals surface area (Å²) in [5.41, 5.74) is 2.39. The molecular formula is C20H20BrNO2. The first kappa shape index (κ1) is 15.6. The van der Waals surface area contributed by atoms with Gasteiger partial charge in [0.15, 0.2) is 0 Å². The van der Waals surface area contributed by atoms with Crippen molar-refractivity contribution in [3.8, 4) is 11.5 Å². The predicted octanol–water partition coefficient (Wildman–Crippen LogP) is 5.25. The average Bonchev–Trinajstić information content (AvgIpc) is 3.39. The van der Waals surface area contributed by atoms with Crippen molar-refractivity contribution < 1.29 is 9.47 Å². The van der Waals surface area contributed by atoms with E-state index >= 15 is 0 Å². The van der Waals surface area contributed by atoms with E-state index in [1.54, 1.807) is 7.11 Å². The molecule has 0 atom stereocenters. The van der Waals surface area contributed by atoms with Crippen LogP contribution in [0.25, 0.3) is 10.9 Å². The van der Waals surface area contributed by atoms with Crippen LogP contribution in [0.3, 0.4) is 0 Å². The topological polar surface area (TPSA) is 23.4 Å². The van der Waals surface area contributed by atoms with Crippen molar-refractivity contribution in [3.05, 3.63) is 58.7 Å². The molecule has 0 N–H and O–H groups in total. The lowest BCUT2D eigenvalue weighted by Gasteiger charge is -2.09. The van der Waals surface area contributed by atoms with Crippen molar-refractivity contribution in [2.24, 2.45) is 5.92 Å². The maximum atomic E-state index is 5.94. The van der Waals surface area contributed by atoms with Crippen LogP contribution in [0.4, 0.5) is 0 Å². The van der Waals surface area contributed by atoms with Gasteiger partial charge < -0.3 is 14.0 Å². The number of hydrogen-bond donors (Lipinski definition) is 0. The number of halogens is 1. The summed E-state index contributed by atoms with van der Waals surface area (Å²) in [4.78, 5) is 0. The van der Waals surface area contributed by atoms with Crippen LogP contribution in [-0.4, -0.2) is 18.3 Å². The van der Waals surface area contributed by atoms with Gasteiger partial charge in [-0.05, 0) is 64.5 Å². The molecule has 3 aromatic rings. The van der Waals surface area contributed by atoms with Gasteiger partial charge >= 0.3 is 0 Å². The molecular weight excluding hydrogens is 366 g/mol. The van der Waals surface area contributed by atoms with E-state index in [1.165, 1.54) is 29.3 Å². The van der Waals surface area contributed by atoms with Crippen LogP contribution in [0, 0.1) is 5.92 Å². The minimum Gasteiger partial charge on any atom is -0.497 e. The van der Waals surface area contributed by atoms with Crippen molar-refractivity contribution in [2.45, 2.75) is 19.4 Å². The van der Waals surface area contributed by atoms with Crippen LogP contribution in [0.1, 0.15) is 18.4 Å². The zero-order chi connectivity index (χ0) is 16.5. The molecule has 124 valence electrons. The first-order chi connectivity index (χ1) is 11.7. The Kier molecular flexibility index (Phi) is 4.23. The van der Waals surface area contributed by atoms with Crippen LogP contribution in [0.5, 0.6) is 11.5 Å². The molecule has 0 bridgehead atoms. The van der Waals surface area contributed by atoms with Crippen molar-refractivity contribution >= 4 is 26.8 Å². The van der Waals surface area contributed by atoms with Gasteiger partial charge in [0.25, 0.3) is 0 Å². The third-order valence-electron chi connectivity index (χ3n) is 4.47. The molecule has 0 radical (unpaired) electrons. The summed E-state index contributed by atoms with van der Waals surface area (Å²) < 4.78 is 14.6. The number of fused-ring (bicyclic) bond motifs is 1. The molecule has 0 unspecified atom stereocenters. The molecule has 1 saturated carbocycles. The van der Waals surface area contributed by atoms with Gasteiger partial charge in [-0.1, -0.05) is 12.1 Å². The summed E-state index contributed by atoms with van der Waals surface area (Å²) in [5.74, 6) is 2.60. The normalized spacial score (nSPS) is 14.1. The summed E-state index contributed by atoms with van der Waals surface area (Å²) >= 11 is 3.67. The molecule has 1 aromatic heterocycles. The highest BCUT2D eigenvalue weighted by Gasteiger charge is 2.22. The first-order valence-corrected chi connectivity index (χ1v) is 9.06. The van der Waals surface area contributed by atoms with Gasteiger partial charge in [0.2, 0.25) is 0 Å². The Morgan fingerprint density at radius 1 is 1.12 bits per heavy atom. The van der Waals surface area contributed by atoms with Gasteiger partial charge in [-0.3, -0.25) is 0 Å². The Morgan fingerprint density at radius 3 is 2.79 bits per heavy atom. The molecule has 4 heteroatoms. The Balaban J connectivity index is 1.64. The quantitative estimate of drug-likeness (QED) is 0.578. The molecule has 0 aliphatic heterocycles. The van der Waals surface area contributed by atoms with Crippen LogP contribution < -0.4 is 9.47 Å². The maximum Gasteiger partial charge on any atom is 0.121 e. The molecule has 3 nitrogen and oxygen atoms in total. The van der Waals surface area contributed by atoms with Gasteiger partial charge in [0.1, 0.15) is 11.5 Å². The number of rotatable bonds is 6. The standard InChI is InChI=1S/C20H20BrNO2/c1-23-16-4-2-3-15(9-16)11-22-12-19(21)18-8-7-17(10-20(18)22)24-13-14-5-6-14/h2-4,7-10,12,14H,5-6,11,13H2,1H3. The summed E-state index contributed by atoms with van der Waals surface area (Å²) in [6.45, 7) is 1.63. The third-order valence-corrected chi connectivity index (χ3v) is 5.11. The summed E-state index contributed by atoms with van der Waals surface area (Å²) in [5, 5.41) is 1.21. The predicted molar refractivity (Wildman–Crippen MR) is 100.0 cm³/mol. The second-order valence-electron chi connectivity index (χ2n) is 6.39. The fourth-order valence-electron chi connectivity index (χ4n) is 2.91.